The fourth-order valence-electron chi connectivity index (χ4n) is 2.85. The van der Waals surface area contributed by atoms with Crippen molar-refractivity contribution < 1.29 is 4.79 Å². The molecule has 1 aliphatic heterocycles. The highest BCUT2D eigenvalue weighted by atomic mass is 16.2. The molecule has 0 aliphatic carbocycles. The minimum Gasteiger partial charge on any atom is -0.332 e. The number of hydrogen-bond acceptors (Lipinski definition) is 2. The Morgan fingerprint density at radius 2 is 1.52 bits per heavy atom. The molecule has 2 aromatic rings. The van der Waals surface area contributed by atoms with Crippen LogP contribution in [0.1, 0.15) is 19.4 Å². The predicted molar refractivity (Wildman–Crippen MR) is 85.6 cm³/mol. The van der Waals surface area contributed by atoms with Crippen molar-refractivity contribution in [3.8, 4) is 0 Å². The molecule has 0 fully saturated rings. The lowest BCUT2D eigenvalue weighted by Crippen LogP contribution is -2.50. The molecule has 0 saturated carbocycles. The van der Waals surface area contributed by atoms with Gasteiger partial charge in [0.2, 0.25) is 0 Å². The predicted octanol–water partition coefficient (Wildman–Crippen LogP) is 3.40. The van der Waals surface area contributed by atoms with Gasteiger partial charge in [-0.1, -0.05) is 48.5 Å². The average Bonchev–Trinajstić information content (AvgIpc) is 2.49. The molecular weight excluding hydrogens is 260 g/mol. The third-order valence-electron chi connectivity index (χ3n) is 3.77. The van der Waals surface area contributed by atoms with Crippen LogP contribution in [0.5, 0.6) is 0 Å². The summed E-state index contributed by atoms with van der Waals surface area (Å²) >= 11 is 0. The van der Waals surface area contributed by atoms with Crippen molar-refractivity contribution >= 4 is 17.2 Å². The van der Waals surface area contributed by atoms with E-state index in [9.17, 15) is 4.79 Å². The third-order valence-corrected chi connectivity index (χ3v) is 3.77. The molecule has 1 heterocycles. The first-order valence-corrected chi connectivity index (χ1v) is 7.10. The smallest absolute Gasteiger partial charge is 0.255 e. The van der Waals surface area contributed by atoms with Crippen molar-refractivity contribution in [2.24, 2.45) is 0 Å². The van der Waals surface area contributed by atoms with Crippen LogP contribution in [0.4, 0.5) is 5.69 Å². The molecule has 0 saturated heterocycles. The van der Waals surface area contributed by atoms with E-state index < -0.39 is 0 Å². The second-order valence-corrected chi connectivity index (χ2v) is 5.18. The molecule has 1 amide bonds. The van der Waals surface area contributed by atoms with Gasteiger partial charge in [-0.3, -0.25) is 4.79 Å². The van der Waals surface area contributed by atoms with E-state index in [2.05, 4.69) is 22.3 Å². The van der Waals surface area contributed by atoms with Gasteiger partial charge in [-0.25, -0.2) is 0 Å². The van der Waals surface area contributed by atoms with Gasteiger partial charge in [-0.05, 0) is 31.5 Å². The van der Waals surface area contributed by atoms with Crippen LogP contribution < -0.4 is 10.2 Å². The standard InChI is InChI=1S/C18H18N2O/c1-13-17(15-9-5-3-6-10-15)18(21)19-14(2)20(13)16-11-7-4-8-12-16/h3-12,14H,1-2H3,(H,19,21). The van der Waals surface area contributed by atoms with Crippen LogP contribution >= 0.6 is 0 Å². The number of carbonyl (C=O) groups excluding carboxylic acids is 1. The van der Waals surface area contributed by atoms with Crippen LogP contribution in [0, 0.1) is 0 Å². The number of rotatable bonds is 2. The van der Waals surface area contributed by atoms with Gasteiger partial charge in [0.15, 0.2) is 0 Å². The minimum atomic E-state index is -0.0626. The Morgan fingerprint density at radius 3 is 2.14 bits per heavy atom. The fourth-order valence-corrected chi connectivity index (χ4v) is 2.85. The zero-order chi connectivity index (χ0) is 14.8. The number of nitrogens with one attached hydrogen (secondary N) is 1. The number of benzene rings is 2. The molecule has 3 nitrogen and oxygen atoms in total. The lowest BCUT2D eigenvalue weighted by molar-refractivity contribution is -0.116. The molecular formula is C18H18N2O. The summed E-state index contributed by atoms with van der Waals surface area (Å²) in [6.45, 7) is 4.00. The maximum absolute atomic E-state index is 12.4. The SMILES string of the molecule is CC1=C(c2ccccc2)C(=O)NC(C)N1c1ccccc1. The second-order valence-electron chi connectivity index (χ2n) is 5.18. The normalized spacial score (nSPS) is 18.7. The summed E-state index contributed by atoms with van der Waals surface area (Å²) in [7, 11) is 0. The number of carbonyl (C=O) groups is 1. The lowest BCUT2D eigenvalue weighted by atomic mass is 9.99. The molecule has 1 aliphatic rings. The van der Waals surface area contributed by atoms with Crippen molar-refractivity contribution in [2.45, 2.75) is 20.0 Å². The molecule has 1 unspecified atom stereocenters. The minimum absolute atomic E-state index is 0.0154. The fraction of sp³-hybridized carbons (Fsp3) is 0.167. The van der Waals surface area contributed by atoms with Crippen LogP contribution in [0.25, 0.3) is 5.57 Å². The highest BCUT2D eigenvalue weighted by molar-refractivity contribution is 6.22. The van der Waals surface area contributed by atoms with Gasteiger partial charge in [0.1, 0.15) is 6.17 Å². The Kier molecular flexibility index (Phi) is 3.48. The summed E-state index contributed by atoms with van der Waals surface area (Å²) in [5.41, 5.74) is 3.73. The van der Waals surface area contributed by atoms with Crippen LogP contribution in [-0.2, 0) is 4.79 Å². The van der Waals surface area contributed by atoms with E-state index >= 15 is 0 Å². The van der Waals surface area contributed by atoms with E-state index in [4.69, 9.17) is 0 Å². The zero-order valence-electron chi connectivity index (χ0n) is 12.2. The summed E-state index contributed by atoms with van der Waals surface area (Å²) in [5, 5.41) is 3.04. The monoisotopic (exact) mass is 278 g/mol. The van der Waals surface area contributed by atoms with E-state index in [0.29, 0.717) is 0 Å². The Hall–Kier alpha value is -2.55. The molecule has 0 bridgehead atoms. The number of para-hydroxylation sites is 1. The van der Waals surface area contributed by atoms with Crippen molar-refractivity contribution in [1.29, 1.82) is 0 Å². The van der Waals surface area contributed by atoms with Crippen molar-refractivity contribution in [1.82, 2.24) is 5.32 Å². The molecule has 3 rings (SSSR count). The molecule has 0 spiro atoms. The lowest BCUT2D eigenvalue weighted by Gasteiger charge is -2.38. The first kappa shape index (κ1) is 13.4. The largest absolute Gasteiger partial charge is 0.332 e. The maximum atomic E-state index is 12.4. The van der Waals surface area contributed by atoms with Crippen LogP contribution in [-0.4, -0.2) is 12.1 Å². The molecule has 2 aromatic carbocycles. The first-order chi connectivity index (χ1) is 10.2. The molecule has 0 aromatic heterocycles. The Balaban J connectivity index is 2.13. The van der Waals surface area contributed by atoms with E-state index in [1.807, 2.05) is 62.4 Å². The summed E-state index contributed by atoms with van der Waals surface area (Å²) in [6.07, 6.45) is -0.0626. The van der Waals surface area contributed by atoms with E-state index in [-0.39, 0.29) is 12.1 Å². The number of nitrogens with zero attached hydrogens (tertiary/aromatic N) is 1. The Bertz CT molecular complexity index is 677. The van der Waals surface area contributed by atoms with Crippen LogP contribution in [0.15, 0.2) is 66.4 Å². The van der Waals surface area contributed by atoms with E-state index in [1.165, 1.54) is 0 Å². The van der Waals surface area contributed by atoms with E-state index in [0.717, 1.165) is 22.5 Å². The summed E-state index contributed by atoms with van der Waals surface area (Å²) in [5.74, 6) is -0.0154. The van der Waals surface area contributed by atoms with Crippen molar-refractivity contribution in [3.05, 3.63) is 71.9 Å². The number of hydrogen-bond donors (Lipinski definition) is 1. The highest BCUT2D eigenvalue weighted by Gasteiger charge is 2.29. The highest BCUT2D eigenvalue weighted by Crippen LogP contribution is 2.30. The van der Waals surface area contributed by atoms with Gasteiger partial charge >= 0.3 is 0 Å². The molecule has 3 heteroatoms. The van der Waals surface area contributed by atoms with Gasteiger partial charge in [-0.15, -0.1) is 0 Å². The van der Waals surface area contributed by atoms with Gasteiger partial charge in [0.05, 0.1) is 5.57 Å². The Morgan fingerprint density at radius 1 is 0.952 bits per heavy atom. The Labute approximate surface area is 124 Å². The van der Waals surface area contributed by atoms with Crippen LogP contribution in [0.3, 0.4) is 0 Å². The van der Waals surface area contributed by atoms with Crippen molar-refractivity contribution in [3.63, 3.8) is 0 Å². The van der Waals surface area contributed by atoms with Gasteiger partial charge in [0, 0.05) is 11.4 Å². The quantitative estimate of drug-likeness (QED) is 0.913. The van der Waals surface area contributed by atoms with Gasteiger partial charge < -0.3 is 10.2 Å². The number of allylic oxidation sites excluding steroid dienone is 1. The molecule has 0 radical (unpaired) electrons. The maximum Gasteiger partial charge on any atom is 0.255 e. The van der Waals surface area contributed by atoms with Crippen molar-refractivity contribution in [2.75, 3.05) is 4.90 Å². The summed E-state index contributed by atoms with van der Waals surface area (Å²) in [4.78, 5) is 14.6. The zero-order valence-corrected chi connectivity index (χ0v) is 12.2. The van der Waals surface area contributed by atoms with Crippen LogP contribution in [0.2, 0.25) is 0 Å². The molecule has 106 valence electrons. The third kappa shape index (κ3) is 2.42. The number of amides is 1. The topological polar surface area (TPSA) is 32.3 Å². The average molecular weight is 278 g/mol. The van der Waals surface area contributed by atoms with E-state index in [1.54, 1.807) is 0 Å². The summed E-state index contributed by atoms with van der Waals surface area (Å²) in [6, 6.07) is 19.9. The summed E-state index contributed by atoms with van der Waals surface area (Å²) < 4.78 is 0. The van der Waals surface area contributed by atoms with Gasteiger partial charge in [0.25, 0.3) is 5.91 Å². The molecule has 21 heavy (non-hydrogen) atoms. The number of anilines is 1. The first-order valence-electron chi connectivity index (χ1n) is 7.10. The molecule has 1 atom stereocenters. The molecule has 1 N–H and O–H groups in total. The van der Waals surface area contributed by atoms with Gasteiger partial charge in [-0.2, -0.15) is 0 Å². The second kappa shape index (κ2) is 5.44.